The maximum atomic E-state index is 12.3. The fourth-order valence-corrected chi connectivity index (χ4v) is 3.00. The molecule has 0 bridgehead atoms. The van der Waals surface area contributed by atoms with Crippen molar-refractivity contribution >= 4 is 16.9 Å². The van der Waals surface area contributed by atoms with Crippen LogP contribution in [0.4, 0.5) is 0 Å². The van der Waals surface area contributed by atoms with Crippen LogP contribution in [0.25, 0.3) is 11.0 Å². The van der Waals surface area contributed by atoms with Crippen LogP contribution in [-0.4, -0.2) is 25.1 Å². The van der Waals surface area contributed by atoms with Crippen LogP contribution in [0.3, 0.4) is 0 Å². The molecule has 3 rings (SSSR count). The fraction of sp³-hybridized carbons (Fsp3) is 0.500. The number of rotatable bonds is 5. The van der Waals surface area contributed by atoms with E-state index in [1.165, 1.54) is 0 Å². The second kappa shape index (κ2) is 7.04. The smallest absolute Gasteiger partial charge is 0.237 e. The molecule has 5 heteroatoms. The second-order valence-electron chi connectivity index (χ2n) is 5.99. The van der Waals surface area contributed by atoms with Gasteiger partial charge in [-0.25, -0.2) is 0 Å². The molecular weight excluding hydrogens is 292 g/mol. The molecule has 1 aliphatic rings. The molecule has 1 aliphatic heterocycles. The Morgan fingerprint density at radius 1 is 1.48 bits per heavy atom. The maximum absolute atomic E-state index is 12.3. The number of hydrogen-bond donors (Lipinski definition) is 2. The quantitative estimate of drug-likeness (QED) is 0.889. The third kappa shape index (κ3) is 3.50. The Bertz CT molecular complexity index is 674. The number of carbonyl (C=O) groups excluding carboxylic acids is 1. The minimum absolute atomic E-state index is 0.0442. The lowest BCUT2D eigenvalue weighted by atomic mass is 10.0. The van der Waals surface area contributed by atoms with Crippen LogP contribution in [0.5, 0.6) is 5.75 Å². The van der Waals surface area contributed by atoms with Gasteiger partial charge in [-0.15, -0.1) is 0 Å². The van der Waals surface area contributed by atoms with Crippen molar-refractivity contribution in [3.8, 4) is 5.75 Å². The predicted octanol–water partition coefficient (Wildman–Crippen LogP) is 3.15. The molecule has 0 saturated carbocycles. The Hall–Kier alpha value is -2.01. The summed E-state index contributed by atoms with van der Waals surface area (Å²) in [5.41, 5.74) is 0.737. The SMILES string of the molecule is CCOc1cccc2cc(C(C)NC(=O)C3CCCCN3)oc12. The van der Waals surface area contributed by atoms with Gasteiger partial charge in [0, 0.05) is 5.39 Å². The molecule has 23 heavy (non-hydrogen) atoms. The first-order valence-electron chi connectivity index (χ1n) is 8.38. The van der Waals surface area contributed by atoms with E-state index in [0.717, 1.165) is 48.3 Å². The first-order chi connectivity index (χ1) is 11.2. The first-order valence-corrected chi connectivity index (χ1v) is 8.38. The zero-order valence-electron chi connectivity index (χ0n) is 13.7. The molecule has 1 aromatic carbocycles. The predicted molar refractivity (Wildman–Crippen MR) is 89.6 cm³/mol. The second-order valence-corrected chi connectivity index (χ2v) is 5.99. The molecule has 0 spiro atoms. The van der Waals surface area contributed by atoms with E-state index in [4.69, 9.17) is 9.15 Å². The van der Waals surface area contributed by atoms with Crippen LogP contribution in [0.1, 0.15) is 44.9 Å². The summed E-state index contributed by atoms with van der Waals surface area (Å²) in [6.07, 6.45) is 3.14. The number of benzene rings is 1. The van der Waals surface area contributed by atoms with Gasteiger partial charge in [-0.1, -0.05) is 18.6 Å². The number of ether oxygens (including phenoxy) is 1. The number of amides is 1. The van der Waals surface area contributed by atoms with E-state index in [9.17, 15) is 4.79 Å². The number of fused-ring (bicyclic) bond motifs is 1. The lowest BCUT2D eigenvalue weighted by Gasteiger charge is -2.24. The highest BCUT2D eigenvalue weighted by Crippen LogP contribution is 2.31. The number of hydrogen-bond acceptors (Lipinski definition) is 4. The highest BCUT2D eigenvalue weighted by atomic mass is 16.5. The minimum atomic E-state index is -0.173. The molecule has 2 N–H and O–H groups in total. The third-order valence-electron chi connectivity index (χ3n) is 4.24. The molecule has 2 atom stereocenters. The lowest BCUT2D eigenvalue weighted by molar-refractivity contribution is -0.124. The summed E-state index contributed by atoms with van der Waals surface area (Å²) in [7, 11) is 0. The summed E-state index contributed by atoms with van der Waals surface area (Å²) >= 11 is 0. The van der Waals surface area contributed by atoms with Crippen molar-refractivity contribution in [3.63, 3.8) is 0 Å². The zero-order valence-corrected chi connectivity index (χ0v) is 13.7. The van der Waals surface area contributed by atoms with E-state index >= 15 is 0 Å². The highest BCUT2D eigenvalue weighted by molar-refractivity contribution is 5.85. The summed E-state index contributed by atoms with van der Waals surface area (Å²) in [6.45, 7) is 5.39. The van der Waals surface area contributed by atoms with Crippen LogP contribution >= 0.6 is 0 Å². The van der Waals surface area contributed by atoms with Crippen molar-refractivity contribution in [2.45, 2.75) is 45.2 Å². The van der Waals surface area contributed by atoms with E-state index in [1.807, 2.05) is 38.1 Å². The van der Waals surface area contributed by atoms with Gasteiger partial charge in [0.25, 0.3) is 0 Å². The van der Waals surface area contributed by atoms with Gasteiger partial charge in [0.1, 0.15) is 5.76 Å². The molecular formula is C18H24N2O3. The molecule has 2 heterocycles. The normalized spacial score (nSPS) is 19.5. The van der Waals surface area contributed by atoms with Crippen LogP contribution in [-0.2, 0) is 4.79 Å². The molecule has 1 fully saturated rings. The van der Waals surface area contributed by atoms with Crippen LogP contribution in [0.2, 0.25) is 0 Å². The minimum Gasteiger partial charge on any atom is -0.490 e. The van der Waals surface area contributed by atoms with Gasteiger partial charge in [-0.3, -0.25) is 4.79 Å². The number of nitrogens with one attached hydrogen (secondary N) is 2. The Kier molecular flexibility index (Phi) is 4.86. The Morgan fingerprint density at radius 3 is 3.09 bits per heavy atom. The zero-order chi connectivity index (χ0) is 16.2. The topological polar surface area (TPSA) is 63.5 Å². The molecule has 0 aliphatic carbocycles. The summed E-state index contributed by atoms with van der Waals surface area (Å²) < 4.78 is 11.5. The maximum Gasteiger partial charge on any atom is 0.237 e. The number of carbonyl (C=O) groups is 1. The average molecular weight is 316 g/mol. The average Bonchev–Trinajstić information content (AvgIpc) is 3.01. The summed E-state index contributed by atoms with van der Waals surface area (Å²) in [5, 5.41) is 7.30. The standard InChI is InChI=1S/C18H24N2O3/c1-3-22-15-9-6-7-13-11-16(23-17(13)15)12(2)20-18(21)14-8-4-5-10-19-14/h6-7,9,11-12,14,19H,3-5,8,10H2,1-2H3,(H,20,21). The Labute approximate surface area is 136 Å². The van der Waals surface area contributed by atoms with E-state index in [1.54, 1.807) is 0 Å². The number of para-hydroxylation sites is 1. The van der Waals surface area contributed by atoms with Crippen molar-refractivity contribution in [2.75, 3.05) is 13.2 Å². The first kappa shape index (κ1) is 15.9. The van der Waals surface area contributed by atoms with Gasteiger partial charge in [0.05, 0.1) is 18.7 Å². The molecule has 0 radical (unpaired) electrons. The Balaban J connectivity index is 1.74. The molecule has 2 unspecified atom stereocenters. The van der Waals surface area contributed by atoms with E-state index in [0.29, 0.717) is 6.61 Å². The summed E-state index contributed by atoms with van der Waals surface area (Å²) in [6, 6.07) is 7.54. The van der Waals surface area contributed by atoms with Crippen molar-refractivity contribution in [3.05, 3.63) is 30.0 Å². The van der Waals surface area contributed by atoms with Crippen molar-refractivity contribution < 1.29 is 13.9 Å². The molecule has 1 amide bonds. The van der Waals surface area contributed by atoms with Gasteiger partial charge in [0.2, 0.25) is 5.91 Å². The third-order valence-corrected chi connectivity index (χ3v) is 4.24. The summed E-state index contributed by atoms with van der Waals surface area (Å²) in [4.78, 5) is 12.3. The number of piperidine rings is 1. The van der Waals surface area contributed by atoms with E-state index < -0.39 is 0 Å². The molecule has 5 nitrogen and oxygen atoms in total. The summed E-state index contributed by atoms with van der Waals surface area (Å²) in [5.74, 6) is 1.53. The van der Waals surface area contributed by atoms with Crippen LogP contribution < -0.4 is 15.4 Å². The van der Waals surface area contributed by atoms with E-state index in [2.05, 4.69) is 10.6 Å². The van der Waals surface area contributed by atoms with Crippen LogP contribution in [0.15, 0.2) is 28.7 Å². The fourth-order valence-electron chi connectivity index (χ4n) is 3.00. The molecule has 124 valence electrons. The largest absolute Gasteiger partial charge is 0.490 e. The van der Waals surface area contributed by atoms with Crippen molar-refractivity contribution in [1.29, 1.82) is 0 Å². The van der Waals surface area contributed by atoms with Gasteiger partial charge >= 0.3 is 0 Å². The molecule has 1 aromatic heterocycles. The Morgan fingerprint density at radius 2 is 2.35 bits per heavy atom. The van der Waals surface area contributed by atoms with Gasteiger partial charge in [0.15, 0.2) is 11.3 Å². The molecule has 2 aromatic rings. The van der Waals surface area contributed by atoms with Gasteiger partial charge in [-0.2, -0.15) is 0 Å². The van der Waals surface area contributed by atoms with Crippen molar-refractivity contribution in [2.24, 2.45) is 0 Å². The van der Waals surface area contributed by atoms with Crippen molar-refractivity contribution in [1.82, 2.24) is 10.6 Å². The molecule has 1 saturated heterocycles. The van der Waals surface area contributed by atoms with E-state index in [-0.39, 0.29) is 18.0 Å². The highest BCUT2D eigenvalue weighted by Gasteiger charge is 2.23. The van der Waals surface area contributed by atoms with Gasteiger partial charge in [-0.05, 0) is 45.4 Å². The number of furan rings is 1. The van der Waals surface area contributed by atoms with Crippen LogP contribution in [0, 0.1) is 0 Å². The monoisotopic (exact) mass is 316 g/mol. The van der Waals surface area contributed by atoms with Gasteiger partial charge < -0.3 is 19.8 Å². The lowest BCUT2D eigenvalue weighted by Crippen LogP contribution is -2.47.